The summed E-state index contributed by atoms with van der Waals surface area (Å²) in [4.78, 5) is 19.8. The van der Waals surface area contributed by atoms with E-state index in [1.54, 1.807) is 47.4 Å². The average molecular weight is 297 g/mol. The fourth-order valence-corrected chi connectivity index (χ4v) is 2.27. The molecule has 2 heterocycles. The fourth-order valence-electron chi connectivity index (χ4n) is 2.27. The summed E-state index contributed by atoms with van der Waals surface area (Å²) in [5, 5.41) is 9.49. The van der Waals surface area contributed by atoms with Gasteiger partial charge in [0, 0.05) is 24.2 Å². The van der Waals surface area contributed by atoms with Gasteiger partial charge in [0.25, 0.3) is 0 Å². The predicted molar refractivity (Wildman–Crippen MR) is 77.9 cm³/mol. The summed E-state index contributed by atoms with van der Waals surface area (Å²) in [5.74, 6) is -0.899. The Labute approximate surface area is 125 Å². The van der Waals surface area contributed by atoms with Crippen LogP contribution in [0.15, 0.2) is 55.0 Å². The Morgan fingerprint density at radius 2 is 1.82 bits per heavy atom. The molecule has 110 valence electrons. The molecular weight excluding hydrogens is 285 g/mol. The van der Waals surface area contributed by atoms with Crippen LogP contribution in [0.3, 0.4) is 0 Å². The van der Waals surface area contributed by atoms with Crippen molar-refractivity contribution >= 4 is 5.97 Å². The van der Waals surface area contributed by atoms with E-state index < -0.39 is 5.97 Å². The Morgan fingerprint density at radius 1 is 1.14 bits per heavy atom. The first-order valence-corrected chi connectivity index (χ1v) is 6.59. The first-order chi connectivity index (χ1) is 10.6. The van der Waals surface area contributed by atoms with Gasteiger partial charge in [0.15, 0.2) is 0 Å². The number of hydrogen-bond donors (Lipinski definition) is 1. The quantitative estimate of drug-likeness (QED) is 0.804. The average Bonchev–Trinajstić information content (AvgIpc) is 2.93. The van der Waals surface area contributed by atoms with Gasteiger partial charge in [-0.3, -0.25) is 0 Å². The lowest BCUT2D eigenvalue weighted by Crippen LogP contribution is -2.11. The summed E-state index contributed by atoms with van der Waals surface area (Å²) < 4.78 is 14.6. The van der Waals surface area contributed by atoms with Gasteiger partial charge in [-0.25, -0.2) is 19.2 Å². The maximum atomic E-state index is 13.0. The molecule has 0 aliphatic rings. The highest BCUT2D eigenvalue weighted by molar-refractivity contribution is 5.94. The first-order valence-electron chi connectivity index (χ1n) is 6.59. The van der Waals surface area contributed by atoms with Crippen LogP contribution in [-0.4, -0.2) is 25.6 Å². The zero-order chi connectivity index (χ0) is 15.5. The van der Waals surface area contributed by atoms with Crippen LogP contribution in [0.5, 0.6) is 0 Å². The van der Waals surface area contributed by atoms with Gasteiger partial charge in [0.2, 0.25) is 0 Å². The molecule has 5 nitrogen and oxygen atoms in total. The Hall–Kier alpha value is -3.02. The van der Waals surface area contributed by atoms with Crippen LogP contribution in [-0.2, 0) is 6.54 Å². The van der Waals surface area contributed by atoms with Crippen molar-refractivity contribution < 1.29 is 14.3 Å². The zero-order valence-corrected chi connectivity index (χ0v) is 11.5. The third-order valence-electron chi connectivity index (χ3n) is 3.25. The second kappa shape index (κ2) is 5.77. The van der Waals surface area contributed by atoms with E-state index in [1.807, 2.05) is 0 Å². The third-order valence-corrected chi connectivity index (χ3v) is 3.25. The Morgan fingerprint density at radius 3 is 2.45 bits per heavy atom. The molecule has 3 rings (SSSR count). The number of hydrogen-bond acceptors (Lipinski definition) is 3. The molecule has 1 aromatic carbocycles. The minimum Gasteiger partial charge on any atom is -0.477 e. The lowest BCUT2D eigenvalue weighted by molar-refractivity contribution is 0.0686. The van der Waals surface area contributed by atoms with Crippen LogP contribution in [0.2, 0.25) is 0 Å². The lowest BCUT2D eigenvalue weighted by Gasteiger charge is -2.07. The number of rotatable bonds is 4. The van der Waals surface area contributed by atoms with Gasteiger partial charge < -0.3 is 9.67 Å². The number of aromatic nitrogens is 3. The number of aromatic carboxylic acids is 1. The molecule has 0 aliphatic heterocycles. The van der Waals surface area contributed by atoms with E-state index >= 15 is 0 Å². The van der Waals surface area contributed by atoms with Crippen molar-refractivity contribution in [2.75, 3.05) is 0 Å². The molecule has 0 saturated carbocycles. The molecule has 1 N–H and O–H groups in total. The first kappa shape index (κ1) is 13.9. The molecule has 0 fully saturated rings. The normalized spacial score (nSPS) is 10.6. The van der Waals surface area contributed by atoms with E-state index in [4.69, 9.17) is 0 Å². The van der Waals surface area contributed by atoms with Gasteiger partial charge in [-0.1, -0.05) is 12.1 Å². The fraction of sp³-hybridized carbons (Fsp3) is 0.0625. The van der Waals surface area contributed by atoms with Gasteiger partial charge >= 0.3 is 5.97 Å². The van der Waals surface area contributed by atoms with Crippen LogP contribution >= 0.6 is 0 Å². The van der Waals surface area contributed by atoms with E-state index in [0.29, 0.717) is 17.0 Å². The molecule has 0 spiro atoms. The lowest BCUT2D eigenvalue weighted by atomic mass is 10.1. The van der Waals surface area contributed by atoms with Crippen molar-refractivity contribution in [2.24, 2.45) is 0 Å². The van der Waals surface area contributed by atoms with E-state index in [9.17, 15) is 14.3 Å². The topological polar surface area (TPSA) is 68.0 Å². The molecule has 2 aromatic heterocycles. The van der Waals surface area contributed by atoms with Crippen molar-refractivity contribution in [2.45, 2.75) is 6.54 Å². The van der Waals surface area contributed by atoms with E-state index in [0.717, 1.165) is 0 Å². The molecule has 0 bridgehead atoms. The molecule has 0 atom stereocenters. The molecule has 3 aromatic rings. The minimum absolute atomic E-state index is 0.124. The summed E-state index contributed by atoms with van der Waals surface area (Å²) in [6.45, 7) is 0.254. The molecule has 0 saturated heterocycles. The second-order valence-electron chi connectivity index (χ2n) is 4.68. The predicted octanol–water partition coefficient (Wildman–Crippen LogP) is 2.83. The smallest absolute Gasteiger partial charge is 0.353 e. The zero-order valence-electron chi connectivity index (χ0n) is 11.5. The number of benzene rings is 1. The Bertz CT molecular complexity index is 798. The van der Waals surface area contributed by atoms with Crippen LogP contribution in [0, 0.1) is 5.82 Å². The molecule has 6 heteroatoms. The molecule has 0 radical (unpaired) electrons. The molecular formula is C16H12FN3O2. The highest BCUT2D eigenvalue weighted by atomic mass is 19.1. The van der Waals surface area contributed by atoms with Crippen molar-refractivity contribution in [1.29, 1.82) is 0 Å². The maximum absolute atomic E-state index is 13.0. The summed E-state index contributed by atoms with van der Waals surface area (Å²) in [7, 11) is 0. The van der Waals surface area contributed by atoms with Crippen LogP contribution in [0.4, 0.5) is 4.39 Å². The molecule has 22 heavy (non-hydrogen) atoms. The van der Waals surface area contributed by atoms with Crippen molar-refractivity contribution in [3.8, 4) is 11.1 Å². The Kier molecular flexibility index (Phi) is 3.65. The van der Waals surface area contributed by atoms with Crippen LogP contribution in [0.1, 0.15) is 16.3 Å². The van der Waals surface area contributed by atoms with Crippen molar-refractivity contribution in [3.63, 3.8) is 0 Å². The van der Waals surface area contributed by atoms with E-state index in [1.165, 1.54) is 12.1 Å². The largest absolute Gasteiger partial charge is 0.477 e. The molecule has 0 aliphatic carbocycles. The van der Waals surface area contributed by atoms with E-state index in [-0.39, 0.29) is 18.1 Å². The summed E-state index contributed by atoms with van der Waals surface area (Å²) in [6.07, 6.45) is 4.87. The minimum atomic E-state index is -1.06. The number of carboxylic acid groups (broad SMARTS) is 1. The van der Waals surface area contributed by atoms with Gasteiger partial charge in [0.05, 0.1) is 6.54 Å². The number of carboxylic acids is 1. The highest BCUT2D eigenvalue weighted by Gasteiger charge is 2.18. The number of carbonyl (C=O) groups is 1. The maximum Gasteiger partial charge on any atom is 0.353 e. The Balaban J connectivity index is 2.02. The number of halogens is 1. The van der Waals surface area contributed by atoms with Crippen molar-refractivity contribution in [1.82, 2.24) is 14.5 Å². The van der Waals surface area contributed by atoms with Crippen molar-refractivity contribution in [3.05, 3.63) is 72.3 Å². The second-order valence-corrected chi connectivity index (χ2v) is 4.68. The van der Waals surface area contributed by atoms with Gasteiger partial charge in [-0.2, -0.15) is 0 Å². The highest BCUT2D eigenvalue weighted by Crippen LogP contribution is 2.25. The van der Waals surface area contributed by atoms with Crippen LogP contribution in [0.25, 0.3) is 11.1 Å². The number of nitrogens with zero attached hydrogens (tertiary/aromatic N) is 3. The summed E-state index contributed by atoms with van der Waals surface area (Å²) >= 11 is 0. The van der Waals surface area contributed by atoms with Crippen LogP contribution < -0.4 is 0 Å². The summed E-state index contributed by atoms with van der Waals surface area (Å²) in [5.41, 5.74) is 1.30. The van der Waals surface area contributed by atoms with Gasteiger partial charge in [-0.05, 0) is 29.8 Å². The summed E-state index contributed by atoms with van der Waals surface area (Å²) in [6, 6.07) is 9.11. The van der Waals surface area contributed by atoms with Gasteiger partial charge in [-0.15, -0.1) is 0 Å². The molecule has 0 amide bonds. The third kappa shape index (κ3) is 2.71. The molecule has 0 unspecified atom stereocenters. The van der Waals surface area contributed by atoms with E-state index in [2.05, 4.69) is 9.97 Å². The van der Waals surface area contributed by atoms with Gasteiger partial charge in [0.1, 0.15) is 17.3 Å². The standard InChI is InChI=1S/C16H12FN3O2/c17-12-4-2-11(3-5-12)13-6-9-20(15(13)16(21)22)10-14-18-7-1-8-19-14/h1-9H,10H2,(H,21,22). The SMILES string of the molecule is O=C(O)c1c(-c2ccc(F)cc2)ccn1Cc1ncccn1. The monoisotopic (exact) mass is 297 g/mol.